The molecule has 5 heteroatoms. The van der Waals surface area contributed by atoms with E-state index in [1.165, 1.54) is 0 Å². The zero-order chi connectivity index (χ0) is 12.6. The third-order valence-electron chi connectivity index (χ3n) is 2.67. The number of halogens is 1. The van der Waals surface area contributed by atoms with Crippen molar-refractivity contribution in [3.63, 3.8) is 0 Å². The van der Waals surface area contributed by atoms with Crippen molar-refractivity contribution in [1.29, 1.82) is 0 Å². The van der Waals surface area contributed by atoms with Crippen LogP contribution in [0.2, 0.25) is 0 Å². The summed E-state index contributed by atoms with van der Waals surface area (Å²) in [4.78, 5) is 14.2. The molecule has 1 saturated heterocycles. The third kappa shape index (κ3) is 3.20. The zero-order valence-corrected chi connectivity index (χ0v) is 13.2. The van der Waals surface area contributed by atoms with Gasteiger partial charge in [-0.1, -0.05) is 0 Å². The van der Waals surface area contributed by atoms with Gasteiger partial charge in [-0.2, -0.15) is 0 Å². The van der Waals surface area contributed by atoms with Crippen molar-refractivity contribution in [2.45, 2.75) is 32.5 Å². The summed E-state index contributed by atoms with van der Waals surface area (Å²) in [5.41, 5.74) is 0.542. The lowest BCUT2D eigenvalue weighted by molar-refractivity contribution is -0.118. The second-order valence-corrected chi connectivity index (χ2v) is 7.82. The monoisotopic (exact) mass is 365 g/mol. The van der Waals surface area contributed by atoms with E-state index < -0.39 is 0 Å². The molecule has 1 aromatic rings. The highest BCUT2D eigenvalue weighted by Gasteiger charge is 2.34. The maximum absolute atomic E-state index is 12.3. The standard InChI is InChI=1S/C12H16INO2S/c1-8-5-14(7-12(2,3)16-8)11(15)9-4-10(13)17-6-9/h4,6,8H,5,7H2,1-3H3. The van der Waals surface area contributed by atoms with Crippen molar-refractivity contribution >= 4 is 39.8 Å². The van der Waals surface area contributed by atoms with Gasteiger partial charge < -0.3 is 9.64 Å². The Labute approximate surface area is 119 Å². The largest absolute Gasteiger partial charge is 0.369 e. The Morgan fingerprint density at radius 2 is 2.35 bits per heavy atom. The molecule has 17 heavy (non-hydrogen) atoms. The molecule has 0 saturated carbocycles. The number of nitrogens with zero attached hydrogens (tertiary/aromatic N) is 1. The minimum atomic E-state index is -0.253. The van der Waals surface area contributed by atoms with Gasteiger partial charge in [0.2, 0.25) is 0 Å². The lowest BCUT2D eigenvalue weighted by atomic mass is 10.0. The van der Waals surface area contributed by atoms with E-state index in [-0.39, 0.29) is 17.6 Å². The predicted molar refractivity (Wildman–Crippen MR) is 77.6 cm³/mol. The number of morpholine rings is 1. The number of rotatable bonds is 1. The minimum Gasteiger partial charge on any atom is -0.369 e. The van der Waals surface area contributed by atoms with Crippen molar-refractivity contribution < 1.29 is 9.53 Å². The molecular formula is C12H16INO2S. The highest BCUT2D eigenvalue weighted by Crippen LogP contribution is 2.24. The molecule has 2 rings (SSSR count). The SMILES string of the molecule is CC1CN(C(=O)c2csc(I)c2)CC(C)(C)O1. The summed E-state index contributed by atoms with van der Waals surface area (Å²) < 4.78 is 6.95. The van der Waals surface area contributed by atoms with Crippen LogP contribution in [0.3, 0.4) is 0 Å². The summed E-state index contributed by atoms with van der Waals surface area (Å²) in [5, 5.41) is 1.93. The van der Waals surface area contributed by atoms with Gasteiger partial charge in [-0.3, -0.25) is 4.79 Å². The molecule has 1 unspecified atom stereocenters. The summed E-state index contributed by atoms with van der Waals surface area (Å²) in [7, 11) is 0. The smallest absolute Gasteiger partial charge is 0.254 e. The predicted octanol–water partition coefficient (Wildman–Crippen LogP) is 2.99. The van der Waals surface area contributed by atoms with Gasteiger partial charge in [-0.05, 0) is 49.4 Å². The number of hydrogen-bond donors (Lipinski definition) is 0. The zero-order valence-electron chi connectivity index (χ0n) is 10.2. The second kappa shape index (κ2) is 4.85. The maximum atomic E-state index is 12.3. The van der Waals surface area contributed by atoms with Crippen LogP contribution in [0.5, 0.6) is 0 Å². The average molecular weight is 365 g/mol. The fourth-order valence-corrected chi connectivity index (χ4v) is 3.53. The van der Waals surface area contributed by atoms with Gasteiger partial charge in [0.25, 0.3) is 5.91 Å². The molecule has 1 atom stereocenters. The highest BCUT2D eigenvalue weighted by atomic mass is 127. The van der Waals surface area contributed by atoms with Gasteiger partial charge in [0.1, 0.15) is 0 Å². The lowest BCUT2D eigenvalue weighted by Gasteiger charge is -2.41. The molecule has 0 bridgehead atoms. The van der Waals surface area contributed by atoms with Gasteiger partial charge in [-0.15, -0.1) is 11.3 Å². The highest BCUT2D eigenvalue weighted by molar-refractivity contribution is 14.1. The van der Waals surface area contributed by atoms with Gasteiger partial charge in [0.05, 0.1) is 20.2 Å². The summed E-state index contributed by atoms with van der Waals surface area (Å²) in [5.74, 6) is 0.118. The molecule has 1 aromatic heterocycles. The number of thiophene rings is 1. The topological polar surface area (TPSA) is 29.5 Å². The Balaban J connectivity index is 2.14. The van der Waals surface area contributed by atoms with Gasteiger partial charge in [0.15, 0.2) is 0 Å². The van der Waals surface area contributed by atoms with E-state index in [1.807, 2.05) is 37.1 Å². The Bertz CT molecular complexity index is 430. The number of hydrogen-bond acceptors (Lipinski definition) is 3. The van der Waals surface area contributed by atoms with E-state index in [1.54, 1.807) is 11.3 Å². The van der Waals surface area contributed by atoms with Crippen molar-refractivity contribution in [3.05, 3.63) is 19.9 Å². The molecule has 2 heterocycles. The van der Waals surface area contributed by atoms with E-state index in [2.05, 4.69) is 22.6 Å². The fraction of sp³-hybridized carbons (Fsp3) is 0.583. The third-order valence-corrected chi connectivity index (χ3v) is 4.46. The van der Waals surface area contributed by atoms with E-state index in [0.29, 0.717) is 13.1 Å². The van der Waals surface area contributed by atoms with Crippen LogP contribution in [0.4, 0.5) is 0 Å². The molecule has 0 spiro atoms. The van der Waals surface area contributed by atoms with Crippen LogP contribution in [0.25, 0.3) is 0 Å². The summed E-state index contributed by atoms with van der Waals surface area (Å²) in [6, 6.07) is 1.95. The number of amides is 1. The maximum Gasteiger partial charge on any atom is 0.254 e. The molecule has 0 aliphatic carbocycles. The molecule has 94 valence electrons. The van der Waals surface area contributed by atoms with Crippen LogP contribution in [0.15, 0.2) is 11.4 Å². The van der Waals surface area contributed by atoms with Gasteiger partial charge in [0, 0.05) is 18.5 Å². The van der Waals surface area contributed by atoms with Crippen LogP contribution >= 0.6 is 33.9 Å². The molecule has 1 amide bonds. The van der Waals surface area contributed by atoms with Crippen molar-refractivity contribution in [2.24, 2.45) is 0 Å². The number of carbonyl (C=O) groups excluding carboxylic acids is 1. The Hall–Kier alpha value is -0.140. The molecule has 0 aromatic carbocycles. The van der Waals surface area contributed by atoms with Gasteiger partial charge >= 0.3 is 0 Å². The van der Waals surface area contributed by atoms with E-state index in [9.17, 15) is 4.79 Å². The molecule has 1 fully saturated rings. The second-order valence-electron chi connectivity index (χ2n) is 5.01. The first kappa shape index (κ1) is 13.3. The fourth-order valence-electron chi connectivity index (χ4n) is 2.21. The lowest BCUT2D eigenvalue weighted by Crippen LogP contribution is -2.53. The summed E-state index contributed by atoms with van der Waals surface area (Å²) in [6.07, 6.45) is 0.0976. The molecule has 1 aliphatic rings. The first-order valence-corrected chi connectivity index (χ1v) is 7.54. The van der Waals surface area contributed by atoms with E-state index in [0.717, 1.165) is 8.45 Å². The van der Waals surface area contributed by atoms with Crippen LogP contribution in [0, 0.1) is 2.88 Å². The molecular weight excluding hydrogens is 349 g/mol. The van der Waals surface area contributed by atoms with Gasteiger partial charge in [-0.25, -0.2) is 0 Å². The van der Waals surface area contributed by atoms with Crippen LogP contribution in [-0.2, 0) is 4.74 Å². The van der Waals surface area contributed by atoms with Crippen molar-refractivity contribution in [1.82, 2.24) is 4.90 Å². The first-order chi connectivity index (χ1) is 7.87. The number of ether oxygens (including phenoxy) is 1. The Kier molecular flexibility index (Phi) is 3.80. The van der Waals surface area contributed by atoms with E-state index in [4.69, 9.17) is 4.74 Å². The molecule has 1 aliphatic heterocycles. The quantitative estimate of drug-likeness (QED) is 0.717. The Morgan fingerprint density at radius 3 is 2.88 bits per heavy atom. The average Bonchev–Trinajstić information content (AvgIpc) is 2.60. The van der Waals surface area contributed by atoms with Crippen LogP contribution in [0.1, 0.15) is 31.1 Å². The molecule has 0 radical (unpaired) electrons. The first-order valence-electron chi connectivity index (χ1n) is 5.58. The summed E-state index contributed by atoms with van der Waals surface area (Å²) in [6.45, 7) is 7.40. The number of carbonyl (C=O) groups is 1. The van der Waals surface area contributed by atoms with Crippen LogP contribution < -0.4 is 0 Å². The summed E-state index contributed by atoms with van der Waals surface area (Å²) >= 11 is 3.84. The van der Waals surface area contributed by atoms with Crippen molar-refractivity contribution in [2.75, 3.05) is 13.1 Å². The minimum absolute atomic E-state index is 0.0976. The normalized spacial score (nSPS) is 23.8. The molecule has 3 nitrogen and oxygen atoms in total. The van der Waals surface area contributed by atoms with Crippen molar-refractivity contribution in [3.8, 4) is 0 Å². The van der Waals surface area contributed by atoms with Crippen LogP contribution in [-0.4, -0.2) is 35.6 Å². The Morgan fingerprint density at radius 1 is 1.65 bits per heavy atom. The molecule has 0 N–H and O–H groups in total. The van der Waals surface area contributed by atoms with E-state index >= 15 is 0 Å².